The number of imide groups is 1. The van der Waals surface area contributed by atoms with E-state index < -0.39 is 34.8 Å². The number of benzene rings is 2. The minimum Gasteiger partial charge on any atom is -0.508 e. The topological polar surface area (TPSA) is 116 Å². The van der Waals surface area contributed by atoms with Crippen LogP contribution < -0.4 is 10.6 Å². The summed E-state index contributed by atoms with van der Waals surface area (Å²) in [6.45, 7) is -0.457. The van der Waals surface area contributed by atoms with Gasteiger partial charge in [-0.25, -0.2) is 0 Å². The Kier molecular flexibility index (Phi) is 6.40. The number of halogens is 1. The highest BCUT2D eigenvalue weighted by molar-refractivity contribution is 8.15. The average Bonchev–Trinajstić information content (AvgIpc) is 2.93. The van der Waals surface area contributed by atoms with Crippen LogP contribution in [0.1, 0.15) is 6.42 Å². The number of nitrogens with one attached hydrogen (secondary N) is 2. The molecule has 1 atom stereocenters. The maximum absolute atomic E-state index is 12.5. The van der Waals surface area contributed by atoms with Crippen molar-refractivity contribution in [1.82, 2.24) is 4.90 Å². The van der Waals surface area contributed by atoms with Crippen molar-refractivity contribution in [3.05, 3.63) is 53.6 Å². The molecule has 3 rings (SSSR count). The average molecular weight is 434 g/mol. The van der Waals surface area contributed by atoms with Crippen LogP contribution in [0, 0.1) is 0 Å². The fourth-order valence-electron chi connectivity index (χ4n) is 2.57. The summed E-state index contributed by atoms with van der Waals surface area (Å²) >= 11 is 6.50. The van der Waals surface area contributed by atoms with E-state index in [1.807, 2.05) is 0 Å². The molecule has 0 aliphatic carbocycles. The zero-order valence-corrected chi connectivity index (χ0v) is 16.5. The Bertz CT molecular complexity index is 949. The van der Waals surface area contributed by atoms with Crippen LogP contribution in [0.4, 0.5) is 16.2 Å². The van der Waals surface area contributed by atoms with E-state index in [0.717, 1.165) is 4.90 Å². The lowest BCUT2D eigenvalue weighted by molar-refractivity contribution is -0.131. The van der Waals surface area contributed by atoms with Gasteiger partial charge >= 0.3 is 0 Å². The van der Waals surface area contributed by atoms with Crippen molar-refractivity contribution in [2.75, 3.05) is 17.2 Å². The van der Waals surface area contributed by atoms with Gasteiger partial charge in [0.15, 0.2) is 0 Å². The fourth-order valence-corrected chi connectivity index (χ4v) is 3.69. The van der Waals surface area contributed by atoms with Gasteiger partial charge in [0.25, 0.3) is 5.24 Å². The van der Waals surface area contributed by atoms with Crippen LogP contribution >= 0.6 is 23.4 Å². The highest BCUT2D eigenvalue weighted by Crippen LogP contribution is 2.29. The number of amides is 4. The van der Waals surface area contributed by atoms with Crippen LogP contribution in [0.15, 0.2) is 48.5 Å². The Morgan fingerprint density at radius 1 is 0.966 bits per heavy atom. The van der Waals surface area contributed by atoms with Crippen LogP contribution in [0.2, 0.25) is 5.02 Å². The van der Waals surface area contributed by atoms with Crippen LogP contribution in [-0.4, -0.2) is 44.8 Å². The number of phenols is 1. The predicted molar refractivity (Wildman–Crippen MR) is 110 cm³/mol. The Labute approximate surface area is 175 Å². The molecule has 0 bridgehead atoms. The smallest absolute Gasteiger partial charge is 0.289 e. The molecule has 3 N–H and O–H groups in total. The highest BCUT2D eigenvalue weighted by Gasteiger charge is 2.41. The summed E-state index contributed by atoms with van der Waals surface area (Å²) in [4.78, 5) is 49.7. The molecule has 1 unspecified atom stereocenters. The number of carbonyl (C=O) groups excluding carboxylic acids is 4. The van der Waals surface area contributed by atoms with Crippen molar-refractivity contribution < 1.29 is 24.3 Å². The molecule has 2 aromatic rings. The van der Waals surface area contributed by atoms with E-state index in [0.29, 0.717) is 28.2 Å². The summed E-state index contributed by atoms with van der Waals surface area (Å²) in [7, 11) is 0. The van der Waals surface area contributed by atoms with Gasteiger partial charge in [-0.2, -0.15) is 0 Å². The van der Waals surface area contributed by atoms with Gasteiger partial charge in [-0.3, -0.25) is 24.1 Å². The lowest BCUT2D eigenvalue weighted by Crippen LogP contribution is -2.38. The van der Waals surface area contributed by atoms with E-state index in [2.05, 4.69) is 10.6 Å². The first-order valence-electron chi connectivity index (χ1n) is 8.48. The molecule has 1 aliphatic rings. The maximum Gasteiger partial charge on any atom is 0.289 e. The molecule has 0 aromatic heterocycles. The molecule has 1 saturated heterocycles. The SMILES string of the molecule is O=C(CC1SC(=O)N(CC(=O)Nc2ccc(O)cc2)C1=O)Nc1ccc(Cl)cc1. The Balaban J connectivity index is 1.54. The zero-order valence-electron chi connectivity index (χ0n) is 14.9. The van der Waals surface area contributed by atoms with E-state index in [1.165, 1.54) is 24.3 Å². The number of anilines is 2. The number of rotatable bonds is 6. The van der Waals surface area contributed by atoms with Gasteiger partial charge in [0.05, 0.1) is 0 Å². The zero-order chi connectivity index (χ0) is 21.0. The van der Waals surface area contributed by atoms with E-state index in [-0.39, 0.29) is 12.2 Å². The summed E-state index contributed by atoms with van der Waals surface area (Å²) < 4.78 is 0. The number of hydrogen-bond acceptors (Lipinski definition) is 6. The second-order valence-electron chi connectivity index (χ2n) is 6.15. The molecule has 0 radical (unpaired) electrons. The molecule has 150 valence electrons. The van der Waals surface area contributed by atoms with Crippen molar-refractivity contribution in [3.63, 3.8) is 0 Å². The second-order valence-corrected chi connectivity index (χ2v) is 7.74. The number of carbonyl (C=O) groups is 4. The standard InChI is InChI=1S/C19H16ClN3O5S/c20-11-1-3-12(4-2-11)21-16(25)9-15-18(27)23(19(28)29-15)10-17(26)22-13-5-7-14(24)8-6-13/h1-8,15,24H,9-10H2,(H,21,25)(H,22,26). The minimum absolute atomic E-state index is 0.0454. The van der Waals surface area contributed by atoms with Gasteiger partial charge in [-0.15, -0.1) is 0 Å². The summed E-state index contributed by atoms with van der Waals surface area (Å²) in [5.74, 6) is -1.54. The third-order valence-electron chi connectivity index (χ3n) is 3.96. The number of thioether (sulfide) groups is 1. The van der Waals surface area contributed by atoms with Gasteiger partial charge in [0.2, 0.25) is 17.7 Å². The van der Waals surface area contributed by atoms with Crippen molar-refractivity contribution in [2.45, 2.75) is 11.7 Å². The van der Waals surface area contributed by atoms with Crippen molar-refractivity contribution in [1.29, 1.82) is 0 Å². The van der Waals surface area contributed by atoms with Gasteiger partial charge in [-0.1, -0.05) is 23.4 Å². The normalized spacial score (nSPS) is 16.0. The van der Waals surface area contributed by atoms with E-state index in [4.69, 9.17) is 11.6 Å². The van der Waals surface area contributed by atoms with Gasteiger partial charge in [-0.05, 0) is 48.5 Å². The van der Waals surface area contributed by atoms with Crippen molar-refractivity contribution in [3.8, 4) is 5.75 Å². The molecule has 2 aromatic carbocycles. The van der Waals surface area contributed by atoms with Crippen LogP contribution in [0.5, 0.6) is 5.75 Å². The number of aromatic hydroxyl groups is 1. The summed E-state index contributed by atoms with van der Waals surface area (Å²) in [6, 6.07) is 12.2. The number of nitrogens with zero attached hydrogens (tertiary/aromatic N) is 1. The lowest BCUT2D eigenvalue weighted by Gasteiger charge is -2.14. The van der Waals surface area contributed by atoms with Gasteiger partial charge in [0, 0.05) is 22.8 Å². The first-order chi connectivity index (χ1) is 13.8. The molecule has 1 aliphatic heterocycles. The fraction of sp³-hybridized carbons (Fsp3) is 0.158. The molecule has 0 saturated carbocycles. The monoisotopic (exact) mass is 433 g/mol. The predicted octanol–water partition coefficient (Wildman–Crippen LogP) is 3.08. The Morgan fingerprint density at radius 2 is 1.52 bits per heavy atom. The van der Waals surface area contributed by atoms with E-state index >= 15 is 0 Å². The molecular formula is C19H16ClN3O5S. The minimum atomic E-state index is -0.892. The summed E-state index contributed by atoms with van der Waals surface area (Å²) in [5, 5.41) is 13.5. The van der Waals surface area contributed by atoms with Crippen LogP contribution in [0.25, 0.3) is 0 Å². The number of hydrogen-bond donors (Lipinski definition) is 3. The van der Waals surface area contributed by atoms with E-state index in [9.17, 15) is 24.3 Å². The van der Waals surface area contributed by atoms with Crippen LogP contribution in [-0.2, 0) is 14.4 Å². The molecule has 10 heteroatoms. The molecule has 29 heavy (non-hydrogen) atoms. The molecule has 1 fully saturated rings. The van der Waals surface area contributed by atoms with Gasteiger partial charge < -0.3 is 15.7 Å². The highest BCUT2D eigenvalue weighted by atomic mass is 35.5. The van der Waals surface area contributed by atoms with E-state index in [1.54, 1.807) is 24.3 Å². The first kappa shape index (κ1) is 20.7. The number of phenolic OH excluding ortho intramolecular Hbond substituents is 1. The quantitative estimate of drug-likeness (QED) is 0.603. The Morgan fingerprint density at radius 3 is 2.14 bits per heavy atom. The first-order valence-corrected chi connectivity index (χ1v) is 9.74. The molecule has 4 amide bonds. The summed E-state index contributed by atoms with van der Waals surface area (Å²) in [6.07, 6.45) is -0.200. The van der Waals surface area contributed by atoms with Crippen LogP contribution in [0.3, 0.4) is 0 Å². The molecule has 8 nitrogen and oxygen atoms in total. The lowest BCUT2D eigenvalue weighted by atomic mass is 10.2. The molecular weight excluding hydrogens is 418 g/mol. The third kappa shape index (κ3) is 5.49. The molecule has 0 spiro atoms. The third-order valence-corrected chi connectivity index (χ3v) is 5.28. The van der Waals surface area contributed by atoms with Crippen molar-refractivity contribution >= 4 is 57.7 Å². The van der Waals surface area contributed by atoms with Crippen molar-refractivity contribution in [2.24, 2.45) is 0 Å². The maximum atomic E-state index is 12.5. The largest absolute Gasteiger partial charge is 0.508 e. The van der Waals surface area contributed by atoms with Gasteiger partial charge in [0.1, 0.15) is 17.5 Å². The Hall–Kier alpha value is -3.04. The molecule has 1 heterocycles. The second kappa shape index (κ2) is 8.97. The summed E-state index contributed by atoms with van der Waals surface area (Å²) in [5.41, 5.74) is 0.935.